The maximum Gasteiger partial charge on any atom is 0.219 e. The Morgan fingerprint density at radius 1 is 1.12 bits per heavy atom. The van der Waals surface area contributed by atoms with Gasteiger partial charge in [-0.3, -0.25) is 4.90 Å². The summed E-state index contributed by atoms with van der Waals surface area (Å²) in [4.78, 5) is 24.3. The van der Waals surface area contributed by atoms with Crippen LogP contribution in [0.1, 0.15) is 17.7 Å². The number of ether oxygens (including phenoxy) is 1. The van der Waals surface area contributed by atoms with E-state index in [0.717, 1.165) is 66.8 Å². The van der Waals surface area contributed by atoms with Crippen molar-refractivity contribution in [2.24, 2.45) is 5.92 Å². The van der Waals surface area contributed by atoms with Crippen LogP contribution in [0, 0.1) is 5.92 Å². The Bertz CT molecular complexity index is 1040. The molecule has 5 rings (SSSR count). The molecule has 2 aliphatic heterocycles. The molecule has 2 fully saturated rings. The summed E-state index contributed by atoms with van der Waals surface area (Å²) in [5.41, 5.74) is 7.43. The monoisotopic (exact) mass is 454 g/mol. The van der Waals surface area contributed by atoms with Crippen LogP contribution in [0.4, 0.5) is 11.8 Å². The molecule has 0 aliphatic carbocycles. The zero-order chi connectivity index (χ0) is 21.9. The molecule has 10 heteroatoms. The Hall–Kier alpha value is -2.40. The first-order chi connectivity index (χ1) is 15.7. The number of likely N-dealkylation sites (tertiary alicyclic amines) is 1. The van der Waals surface area contributed by atoms with Crippen LogP contribution >= 0.6 is 11.3 Å². The Balaban J connectivity index is 1.44. The van der Waals surface area contributed by atoms with Crippen molar-refractivity contribution in [3.8, 4) is 11.4 Å². The fraction of sp³-hybridized carbons (Fsp3) is 0.545. The number of hydrogen-bond acceptors (Lipinski definition) is 10. The van der Waals surface area contributed by atoms with Gasteiger partial charge in [0.1, 0.15) is 0 Å². The molecule has 0 unspecified atom stereocenters. The van der Waals surface area contributed by atoms with Crippen LogP contribution in [-0.2, 0) is 11.3 Å². The predicted molar refractivity (Wildman–Crippen MR) is 128 cm³/mol. The van der Waals surface area contributed by atoms with Gasteiger partial charge in [0, 0.05) is 36.9 Å². The number of nitrogens with two attached hydrogens (primary N) is 1. The highest BCUT2D eigenvalue weighted by Gasteiger charge is 2.23. The van der Waals surface area contributed by atoms with Crippen LogP contribution in [0.5, 0.6) is 0 Å². The van der Waals surface area contributed by atoms with Gasteiger partial charge in [0.25, 0.3) is 0 Å². The van der Waals surface area contributed by atoms with Gasteiger partial charge < -0.3 is 20.7 Å². The number of nitrogens with zero attached hydrogens (tertiary/aromatic N) is 6. The van der Waals surface area contributed by atoms with Crippen LogP contribution in [0.15, 0.2) is 18.5 Å². The van der Waals surface area contributed by atoms with E-state index in [-0.39, 0.29) is 5.95 Å². The highest BCUT2D eigenvalue weighted by molar-refractivity contribution is 7.19. The first-order valence-corrected chi connectivity index (χ1v) is 12.1. The van der Waals surface area contributed by atoms with Crippen molar-refractivity contribution < 1.29 is 4.74 Å². The summed E-state index contributed by atoms with van der Waals surface area (Å²) in [6.45, 7) is 7.47. The number of morpholine rings is 1. The van der Waals surface area contributed by atoms with E-state index in [1.807, 2.05) is 18.4 Å². The molecule has 2 saturated heterocycles. The second-order valence-electron chi connectivity index (χ2n) is 8.50. The first kappa shape index (κ1) is 21.4. The van der Waals surface area contributed by atoms with Crippen LogP contribution in [-0.4, -0.2) is 77.8 Å². The molecular formula is C22H30N8OS. The zero-order valence-electron chi connectivity index (χ0n) is 18.5. The molecule has 0 spiro atoms. The summed E-state index contributed by atoms with van der Waals surface area (Å²) in [5, 5.41) is 3.32. The molecule has 0 saturated carbocycles. The highest BCUT2D eigenvalue weighted by atomic mass is 32.1. The minimum Gasteiger partial charge on any atom is -0.378 e. The molecule has 0 atom stereocenters. The fourth-order valence-electron chi connectivity index (χ4n) is 4.47. The van der Waals surface area contributed by atoms with Crippen LogP contribution in [0.2, 0.25) is 0 Å². The molecule has 9 nitrogen and oxygen atoms in total. The SMILES string of the molecule is CNCC1CCN(Cc2cc3nc(-c4cnc(N)nc4)nc(N4CCOCC4)c3s2)CC1. The summed E-state index contributed by atoms with van der Waals surface area (Å²) in [6, 6.07) is 2.23. The summed E-state index contributed by atoms with van der Waals surface area (Å²) in [5.74, 6) is 2.66. The quantitative estimate of drug-likeness (QED) is 0.578. The van der Waals surface area contributed by atoms with Crippen molar-refractivity contribution in [3.63, 3.8) is 0 Å². The van der Waals surface area contributed by atoms with Gasteiger partial charge in [-0.2, -0.15) is 0 Å². The maximum atomic E-state index is 5.67. The van der Waals surface area contributed by atoms with Crippen LogP contribution in [0.25, 0.3) is 21.6 Å². The van der Waals surface area contributed by atoms with Gasteiger partial charge >= 0.3 is 0 Å². The van der Waals surface area contributed by atoms with E-state index in [1.54, 1.807) is 12.4 Å². The number of hydrogen-bond donors (Lipinski definition) is 2. The third-order valence-corrected chi connectivity index (χ3v) is 7.33. The Kier molecular flexibility index (Phi) is 6.44. The van der Waals surface area contributed by atoms with Crippen LogP contribution < -0.4 is 16.0 Å². The minimum absolute atomic E-state index is 0.250. The summed E-state index contributed by atoms with van der Waals surface area (Å²) < 4.78 is 6.71. The summed E-state index contributed by atoms with van der Waals surface area (Å²) in [7, 11) is 2.04. The van der Waals surface area contributed by atoms with Crippen molar-refractivity contribution in [2.75, 3.05) is 63.6 Å². The van der Waals surface area contributed by atoms with E-state index in [9.17, 15) is 0 Å². The number of rotatable bonds is 6. The van der Waals surface area contributed by atoms with Gasteiger partial charge in [-0.1, -0.05) is 0 Å². The van der Waals surface area contributed by atoms with E-state index in [2.05, 4.69) is 31.2 Å². The van der Waals surface area contributed by atoms with E-state index in [4.69, 9.17) is 20.4 Å². The number of piperidine rings is 1. The highest BCUT2D eigenvalue weighted by Crippen LogP contribution is 2.35. The molecule has 3 N–H and O–H groups in total. The van der Waals surface area contributed by atoms with Crippen molar-refractivity contribution in [1.29, 1.82) is 0 Å². The van der Waals surface area contributed by atoms with Crippen molar-refractivity contribution in [2.45, 2.75) is 19.4 Å². The summed E-state index contributed by atoms with van der Waals surface area (Å²) >= 11 is 1.82. The molecular weight excluding hydrogens is 424 g/mol. The average molecular weight is 455 g/mol. The molecule has 0 aromatic carbocycles. The molecule has 0 radical (unpaired) electrons. The molecule has 170 valence electrons. The third-order valence-electron chi connectivity index (χ3n) is 6.22. The molecule has 3 aromatic heterocycles. The van der Waals surface area contributed by atoms with E-state index in [0.29, 0.717) is 19.0 Å². The maximum absolute atomic E-state index is 5.67. The molecule has 2 aliphatic rings. The molecule has 0 bridgehead atoms. The predicted octanol–water partition coefficient (Wildman–Crippen LogP) is 2.00. The summed E-state index contributed by atoms with van der Waals surface area (Å²) in [6.07, 6.45) is 5.89. The molecule has 5 heterocycles. The topological polar surface area (TPSA) is 105 Å². The van der Waals surface area contributed by atoms with E-state index >= 15 is 0 Å². The number of anilines is 2. The molecule has 3 aromatic rings. The number of thiophene rings is 1. The zero-order valence-corrected chi connectivity index (χ0v) is 19.3. The van der Waals surface area contributed by atoms with Crippen molar-refractivity contribution in [3.05, 3.63) is 23.3 Å². The largest absolute Gasteiger partial charge is 0.378 e. The normalized spacial score (nSPS) is 18.5. The van der Waals surface area contributed by atoms with Gasteiger partial charge in [-0.05, 0) is 51.5 Å². The minimum atomic E-state index is 0.250. The fourth-order valence-corrected chi connectivity index (χ4v) is 5.63. The number of fused-ring (bicyclic) bond motifs is 1. The molecule has 0 amide bonds. The third kappa shape index (κ3) is 4.68. The Labute approximate surface area is 192 Å². The smallest absolute Gasteiger partial charge is 0.219 e. The van der Waals surface area contributed by atoms with Crippen molar-refractivity contribution in [1.82, 2.24) is 30.2 Å². The number of nitrogens with one attached hydrogen (secondary N) is 1. The second kappa shape index (κ2) is 9.62. The number of aromatic nitrogens is 4. The van der Waals surface area contributed by atoms with Gasteiger partial charge in [0.15, 0.2) is 11.6 Å². The lowest BCUT2D eigenvalue weighted by molar-refractivity contribution is 0.122. The van der Waals surface area contributed by atoms with Gasteiger partial charge in [-0.25, -0.2) is 19.9 Å². The lowest BCUT2D eigenvalue weighted by Crippen LogP contribution is -2.36. The van der Waals surface area contributed by atoms with E-state index < -0.39 is 0 Å². The second-order valence-corrected chi connectivity index (χ2v) is 9.64. The van der Waals surface area contributed by atoms with Crippen LogP contribution in [0.3, 0.4) is 0 Å². The standard InChI is InChI=1S/C22H30N8OS/c1-24-11-15-2-4-29(5-3-15)14-17-10-18-19(32-17)21(30-6-8-31-9-7-30)28-20(27-18)16-12-25-22(23)26-13-16/h10,12-13,15,24H,2-9,11,14H2,1H3,(H2,23,25,26). The Morgan fingerprint density at radius 2 is 1.88 bits per heavy atom. The lowest BCUT2D eigenvalue weighted by Gasteiger charge is -2.31. The average Bonchev–Trinajstić information content (AvgIpc) is 3.23. The Morgan fingerprint density at radius 3 is 2.59 bits per heavy atom. The van der Waals surface area contributed by atoms with Gasteiger partial charge in [-0.15, -0.1) is 11.3 Å². The van der Waals surface area contributed by atoms with Crippen molar-refractivity contribution >= 4 is 33.3 Å². The van der Waals surface area contributed by atoms with E-state index in [1.165, 1.54) is 17.7 Å². The first-order valence-electron chi connectivity index (χ1n) is 11.3. The number of nitrogen functional groups attached to an aromatic ring is 1. The lowest BCUT2D eigenvalue weighted by atomic mass is 9.97. The van der Waals surface area contributed by atoms with Gasteiger partial charge in [0.2, 0.25) is 5.95 Å². The molecule has 32 heavy (non-hydrogen) atoms. The van der Waals surface area contributed by atoms with Gasteiger partial charge in [0.05, 0.1) is 29.0 Å².